The number of anilines is 1. The van der Waals surface area contributed by atoms with Gasteiger partial charge in [0.25, 0.3) is 17.9 Å². The van der Waals surface area contributed by atoms with Crippen LogP contribution >= 0.6 is 11.6 Å². The maximum Gasteiger partial charge on any atom is 0.294 e. The number of aliphatic hydroxyl groups is 1. The zero-order valence-corrected chi connectivity index (χ0v) is 22.9. The minimum absolute atomic E-state index is 0.0671. The number of amides is 2. The van der Waals surface area contributed by atoms with Gasteiger partial charge >= 0.3 is 0 Å². The quantitative estimate of drug-likeness (QED) is 0.187. The van der Waals surface area contributed by atoms with Crippen molar-refractivity contribution in [1.29, 1.82) is 5.41 Å². The third-order valence-corrected chi connectivity index (χ3v) is 6.31. The molecule has 2 aromatic carbocycles. The third kappa shape index (κ3) is 6.95. The van der Waals surface area contributed by atoms with Crippen molar-refractivity contribution >= 4 is 34.8 Å². The molecule has 0 saturated carbocycles. The topological polar surface area (TPSA) is 134 Å². The average molecular weight is 591 g/mol. The van der Waals surface area contributed by atoms with Crippen molar-refractivity contribution in [1.82, 2.24) is 9.88 Å². The summed E-state index contributed by atoms with van der Waals surface area (Å²) in [5, 5.41) is 22.7. The second-order valence-corrected chi connectivity index (χ2v) is 9.10. The Morgan fingerprint density at radius 3 is 2.41 bits per heavy atom. The second-order valence-electron chi connectivity index (χ2n) is 8.66. The van der Waals surface area contributed by atoms with E-state index < -0.39 is 47.1 Å². The number of pyridine rings is 1. The molecule has 3 aromatic rings. The largest absolute Gasteiger partial charge is 0.506 e. The number of carbonyl (C=O) groups is 2. The molecule has 4 N–H and O–H groups in total. The zero-order chi connectivity index (χ0) is 30.4. The van der Waals surface area contributed by atoms with E-state index in [1.165, 1.54) is 50.7 Å². The van der Waals surface area contributed by atoms with Crippen molar-refractivity contribution in [3.05, 3.63) is 92.8 Å². The number of allylic oxidation sites excluding steroid dienone is 2. The molecule has 1 unspecified atom stereocenters. The maximum atomic E-state index is 14.4. The number of benzene rings is 2. The molecule has 1 heterocycles. The van der Waals surface area contributed by atoms with Crippen LogP contribution in [0.2, 0.25) is 5.02 Å². The van der Waals surface area contributed by atoms with E-state index in [2.05, 4.69) is 10.6 Å². The van der Waals surface area contributed by atoms with Crippen molar-refractivity contribution in [2.75, 3.05) is 19.5 Å². The van der Waals surface area contributed by atoms with E-state index in [0.717, 1.165) is 16.7 Å². The summed E-state index contributed by atoms with van der Waals surface area (Å²) in [6.45, 7) is 1.66. The number of halogens is 4. The predicted octanol–water partition coefficient (Wildman–Crippen LogP) is 5.34. The number of hydrogen-bond acceptors (Lipinski definition) is 6. The van der Waals surface area contributed by atoms with E-state index in [4.69, 9.17) is 21.7 Å². The van der Waals surface area contributed by atoms with Crippen LogP contribution < -0.4 is 20.9 Å². The molecule has 3 rings (SSSR count). The first-order valence-corrected chi connectivity index (χ1v) is 12.5. The molecule has 0 radical (unpaired) electrons. The lowest BCUT2D eigenvalue weighted by Gasteiger charge is -2.21. The monoisotopic (exact) mass is 590 g/mol. The van der Waals surface area contributed by atoms with Crippen LogP contribution in [-0.4, -0.2) is 47.8 Å². The van der Waals surface area contributed by atoms with Gasteiger partial charge in [0.15, 0.2) is 5.76 Å². The van der Waals surface area contributed by atoms with Crippen molar-refractivity contribution in [2.45, 2.75) is 25.8 Å². The molecular weight excluding hydrogens is 565 g/mol. The Morgan fingerprint density at radius 1 is 1.15 bits per heavy atom. The van der Waals surface area contributed by atoms with Gasteiger partial charge < -0.3 is 25.9 Å². The lowest BCUT2D eigenvalue weighted by molar-refractivity contribution is -0.119. The highest BCUT2D eigenvalue weighted by Gasteiger charge is 2.24. The van der Waals surface area contributed by atoms with Crippen LogP contribution in [0.25, 0.3) is 11.1 Å². The standard InChI is InChI=1S/C28H26ClF3N4O5/c1-4-22(28(40)35-15-6-8-17(20(30)10-15)27(39)34-2)36-13-24(41-3)19(11-25(36)38)18-9-14(29)5-7-16(18)21(33)12-23(37)26(31)32/h5-13,22,26,33,37H,4H2,1-3H3,(H,34,39)(H,35,40)/b23-12-,33-21?. The summed E-state index contributed by atoms with van der Waals surface area (Å²) in [4.78, 5) is 38.1. The summed E-state index contributed by atoms with van der Waals surface area (Å²) < 4.78 is 46.6. The minimum atomic E-state index is -3.19. The van der Waals surface area contributed by atoms with Gasteiger partial charge in [-0.2, -0.15) is 0 Å². The summed E-state index contributed by atoms with van der Waals surface area (Å²) in [6.07, 6.45) is -1.17. The Kier molecular flexibility index (Phi) is 9.95. The molecular formula is C28H26ClF3N4O5. The Bertz CT molecular complexity index is 1590. The molecule has 0 bridgehead atoms. The summed E-state index contributed by atoms with van der Waals surface area (Å²) in [7, 11) is 2.66. The van der Waals surface area contributed by atoms with Gasteiger partial charge in [0.1, 0.15) is 17.6 Å². The van der Waals surface area contributed by atoms with E-state index >= 15 is 0 Å². The fourth-order valence-electron chi connectivity index (χ4n) is 4.05. The SMILES string of the molecule is CCC(C(=O)Nc1ccc(C(=O)NC)c(F)c1)n1cc(OC)c(-c2cc(Cl)ccc2C(=N)/C=C(\O)C(F)F)cc1=O. The van der Waals surface area contributed by atoms with Crippen LogP contribution in [0.15, 0.2) is 65.3 Å². The lowest BCUT2D eigenvalue weighted by atomic mass is 9.96. The van der Waals surface area contributed by atoms with E-state index in [1.54, 1.807) is 6.92 Å². The second kappa shape index (κ2) is 13.2. The van der Waals surface area contributed by atoms with E-state index in [0.29, 0.717) is 6.08 Å². The van der Waals surface area contributed by atoms with E-state index in [1.807, 2.05) is 0 Å². The molecule has 216 valence electrons. The van der Waals surface area contributed by atoms with Crippen molar-refractivity contribution in [3.63, 3.8) is 0 Å². The van der Waals surface area contributed by atoms with Gasteiger partial charge in [-0.05, 0) is 42.3 Å². The number of hydrogen-bond donors (Lipinski definition) is 4. The number of nitrogens with one attached hydrogen (secondary N) is 3. The van der Waals surface area contributed by atoms with Gasteiger partial charge in [-0.3, -0.25) is 19.0 Å². The van der Waals surface area contributed by atoms with Crippen LogP contribution in [0.4, 0.5) is 18.9 Å². The number of carbonyl (C=O) groups excluding carboxylic acids is 2. The lowest BCUT2D eigenvalue weighted by Crippen LogP contribution is -2.32. The van der Waals surface area contributed by atoms with Gasteiger partial charge in [0, 0.05) is 41.0 Å². The zero-order valence-electron chi connectivity index (χ0n) is 22.1. The first-order valence-electron chi connectivity index (χ1n) is 12.1. The number of rotatable bonds is 10. The Balaban J connectivity index is 2.03. The third-order valence-electron chi connectivity index (χ3n) is 6.08. The van der Waals surface area contributed by atoms with Crippen LogP contribution in [0.3, 0.4) is 0 Å². The fraction of sp³-hybridized carbons (Fsp3) is 0.214. The maximum absolute atomic E-state index is 14.4. The van der Waals surface area contributed by atoms with Gasteiger partial charge in [-0.15, -0.1) is 0 Å². The molecule has 0 aliphatic carbocycles. The molecule has 0 spiro atoms. The van der Waals surface area contributed by atoms with Crippen molar-refractivity contribution in [2.24, 2.45) is 0 Å². The van der Waals surface area contributed by atoms with Gasteiger partial charge in [-0.1, -0.05) is 24.6 Å². The highest BCUT2D eigenvalue weighted by molar-refractivity contribution is 6.31. The van der Waals surface area contributed by atoms with Crippen LogP contribution in [0.5, 0.6) is 5.75 Å². The van der Waals surface area contributed by atoms with E-state index in [-0.39, 0.29) is 45.1 Å². The molecule has 41 heavy (non-hydrogen) atoms. The molecule has 13 heteroatoms. The highest BCUT2D eigenvalue weighted by Crippen LogP contribution is 2.34. The minimum Gasteiger partial charge on any atom is -0.506 e. The van der Waals surface area contributed by atoms with Crippen molar-refractivity contribution < 1.29 is 32.6 Å². The van der Waals surface area contributed by atoms with Gasteiger partial charge in [0.05, 0.1) is 24.6 Å². The van der Waals surface area contributed by atoms with Crippen LogP contribution in [-0.2, 0) is 4.79 Å². The molecule has 0 fully saturated rings. The van der Waals surface area contributed by atoms with Crippen LogP contribution in [0, 0.1) is 11.2 Å². The number of methoxy groups -OCH3 is 1. The molecule has 2 amide bonds. The number of alkyl halides is 2. The Labute approximate surface area is 237 Å². The molecule has 9 nitrogen and oxygen atoms in total. The number of ether oxygens (including phenoxy) is 1. The fourth-order valence-corrected chi connectivity index (χ4v) is 4.23. The summed E-state index contributed by atoms with van der Waals surface area (Å²) in [5.41, 5.74) is -0.841. The van der Waals surface area contributed by atoms with Crippen LogP contribution in [0.1, 0.15) is 35.3 Å². The molecule has 0 saturated heterocycles. The average Bonchev–Trinajstić information content (AvgIpc) is 2.93. The normalized spacial score (nSPS) is 12.1. The summed E-state index contributed by atoms with van der Waals surface area (Å²) in [5.74, 6) is -3.34. The molecule has 0 aliphatic heterocycles. The Hall–Kier alpha value is -4.58. The van der Waals surface area contributed by atoms with Gasteiger partial charge in [-0.25, -0.2) is 13.2 Å². The molecule has 1 atom stereocenters. The molecule has 1 aromatic heterocycles. The summed E-state index contributed by atoms with van der Waals surface area (Å²) in [6, 6.07) is 7.82. The smallest absolute Gasteiger partial charge is 0.294 e. The molecule has 0 aliphatic rings. The summed E-state index contributed by atoms with van der Waals surface area (Å²) >= 11 is 6.15. The van der Waals surface area contributed by atoms with Crippen molar-refractivity contribution in [3.8, 4) is 16.9 Å². The first kappa shape index (κ1) is 31.0. The predicted molar refractivity (Wildman–Crippen MR) is 149 cm³/mol. The van der Waals surface area contributed by atoms with E-state index in [9.17, 15) is 32.7 Å². The highest BCUT2D eigenvalue weighted by atomic mass is 35.5. The van der Waals surface area contributed by atoms with Gasteiger partial charge in [0.2, 0.25) is 5.91 Å². The Morgan fingerprint density at radius 2 is 1.83 bits per heavy atom. The number of aliphatic hydroxyl groups excluding tert-OH is 1. The number of aromatic nitrogens is 1. The number of nitrogens with zero attached hydrogens (tertiary/aromatic N) is 1. The first-order chi connectivity index (χ1) is 19.4.